The predicted molar refractivity (Wildman–Crippen MR) is 75.3 cm³/mol. The van der Waals surface area contributed by atoms with Crippen molar-refractivity contribution in [3.63, 3.8) is 0 Å². The molecule has 7 heteroatoms. The molecule has 20 heavy (non-hydrogen) atoms. The Balaban J connectivity index is 4.00. The van der Waals surface area contributed by atoms with Crippen LogP contribution in [0.25, 0.3) is 0 Å². The Bertz CT molecular complexity index is 350. The first kappa shape index (κ1) is 18.2. The van der Waals surface area contributed by atoms with E-state index in [4.69, 9.17) is 5.11 Å². The van der Waals surface area contributed by atoms with E-state index in [2.05, 4.69) is 16.0 Å². The van der Waals surface area contributed by atoms with Crippen molar-refractivity contribution in [2.45, 2.75) is 34.1 Å². The zero-order valence-corrected chi connectivity index (χ0v) is 12.6. The molecule has 0 heterocycles. The largest absolute Gasteiger partial charge is 0.481 e. The summed E-state index contributed by atoms with van der Waals surface area (Å²) in [6, 6.07) is -0.435. The number of nitrogens with one attached hydrogen (secondary N) is 3. The van der Waals surface area contributed by atoms with Gasteiger partial charge < -0.3 is 21.1 Å². The van der Waals surface area contributed by atoms with Crippen LogP contribution in [0, 0.1) is 11.3 Å². The fraction of sp³-hybridized carbons (Fsp3) is 0.769. The van der Waals surface area contributed by atoms with Crippen LogP contribution in [0.5, 0.6) is 0 Å². The molecule has 0 aliphatic carbocycles. The third-order valence-electron chi connectivity index (χ3n) is 2.50. The van der Waals surface area contributed by atoms with E-state index in [1.165, 1.54) is 6.92 Å². The minimum Gasteiger partial charge on any atom is -0.481 e. The molecule has 0 fully saturated rings. The molecule has 116 valence electrons. The van der Waals surface area contributed by atoms with Gasteiger partial charge in [0.15, 0.2) is 0 Å². The van der Waals surface area contributed by atoms with Gasteiger partial charge in [-0.15, -0.1) is 0 Å². The van der Waals surface area contributed by atoms with Crippen LogP contribution in [0.4, 0.5) is 4.79 Å². The summed E-state index contributed by atoms with van der Waals surface area (Å²) in [5, 5.41) is 16.7. The van der Waals surface area contributed by atoms with Crippen molar-refractivity contribution in [3.8, 4) is 0 Å². The van der Waals surface area contributed by atoms with E-state index >= 15 is 0 Å². The number of hydrogen-bond donors (Lipinski definition) is 4. The van der Waals surface area contributed by atoms with Gasteiger partial charge in [-0.1, -0.05) is 20.8 Å². The first-order chi connectivity index (χ1) is 9.11. The number of hydrogen-bond acceptors (Lipinski definition) is 3. The van der Waals surface area contributed by atoms with Crippen LogP contribution in [0.15, 0.2) is 0 Å². The first-order valence-electron chi connectivity index (χ1n) is 6.61. The molecule has 0 aromatic carbocycles. The van der Waals surface area contributed by atoms with E-state index < -0.39 is 17.9 Å². The number of amides is 3. The maximum Gasteiger partial charge on any atom is 0.314 e. The molecule has 0 rings (SSSR count). The van der Waals surface area contributed by atoms with Crippen LogP contribution in [0.2, 0.25) is 0 Å². The van der Waals surface area contributed by atoms with Gasteiger partial charge >= 0.3 is 12.0 Å². The molecule has 0 aromatic heterocycles. The SMILES string of the molecule is CC(=O)NCCNC(=O)NCC(CC(C)(C)C)C(=O)O. The quantitative estimate of drug-likeness (QED) is 0.513. The summed E-state index contributed by atoms with van der Waals surface area (Å²) in [7, 11) is 0. The number of carboxylic acid groups (broad SMARTS) is 1. The van der Waals surface area contributed by atoms with Gasteiger partial charge in [0.1, 0.15) is 0 Å². The molecule has 0 spiro atoms. The Kier molecular flexibility index (Phi) is 7.64. The number of urea groups is 1. The summed E-state index contributed by atoms with van der Waals surface area (Å²) in [6.45, 7) is 7.97. The first-order valence-corrected chi connectivity index (χ1v) is 6.61. The van der Waals surface area contributed by atoms with Gasteiger partial charge in [-0.3, -0.25) is 9.59 Å². The molecule has 0 aliphatic heterocycles. The zero-order chi connectivity index (χ0) is 15.8. The second-order valence-electron chi connectivity index (χ2n) is 5.92. The molecule has 4 N–H and O–H groups in total. The average Bonchev–Trinajstić information content (AvgIpc) is 2.28. The van der Waals surface area contributed by atoms with Crippen molar-refractivity contribution >= 4 is 17.9 Å². The van der Waals surface area contributed by atoms with Gasteiger partial charge in [-0.25, -0.2) is 4.79 Å². The lowest BCUT2D eigenvalue weighted by Crippen LogP contribution is -2.43. The highest BCUT2D eigenvalue weighted by atomic mass is 16.4. The molecule has 0 saturated heterocycles. The lowest BCUT2D eigenvalue weighted by atomic mass is 9.84. The van der Waals surface area contributed by atoms with Crippen LogP contribution in [-0.2, 0) is 9.59 Å². The van der Waals surface area contributed by atoms with Gasteiger partial charge in [-0.05, 0) is 11.8 Å². The van der Waals surface area contributed by atoms with E-state index in [9.17, 15) is 14.4 Å². The van der Waals surface area contributed by atoms with E-state index in [1.54, 1.807) is 0 Å². The fourth-order valence-electron chi connectivity index (χ4n) is 1.68. The third kappa shape index (κ3) is 10.2. The Morgan fingerprint density at radius 2 is 1.60 bits per heavy atom. The van der Waals surface area contributed by atoms with Gasteiger partial charge in [0.05, 0.1) is 5.92 Å². The highest BCUT2D eigenvalue weighted by Crippen LogP contribution is 2.24. The van der Waals surface area contributed by atoms with Crippen molar-refractivity contribution in [2.75, 3.05) is 19.6 Å². The Morgan fingerprint density at radius 3 is 2.05 bits per heavy atom. The maximum atomic E-state index is 11.5. The second kappa shape index (κ2) is 8.39. The number of carboxylic acids is 1. The number of carbonyl (C=O) groups excluding carboxylic acids is 2. The van der Waals surface area contributed by atoms with E-state index in [0.717, 1.165) is 0 Å². The normalized spacial score (nSPS) is 12.4. The summed E-state index contributed by atoms with van der Waals surface area (Å²) < 4.78 is 0. The number of aliphatic carboxylic acids is 1. The molecule has 0 aromatic rings. The number of rotatable bonds is 7. The third-order valence-corrected chi connectivity index (χ3v) is 2.50. The van der Waals surface area contributed by atoms with E-state index in [0.29, 0.717) is 19.5 Å². The van der Waals surface area contributed by atoms with E-state index in [1.807, 2.05) is 20.8 Å². The van der Waals surface area contributed by atoms with Crippen molar-refractivity contribution in [1.29, 1.82) is 0 Å². The van der Waals surface area contributed by atoms with Gasteiger partial charge in [-0.2, -0.15) is 0 Å². The minimum absolute atomic E-state index is 0.0819. The topological polar surface area (TPSA) is 108 Å². The van der Waals surface area contributed by atoms with Crippen molar-refractivity contribution < 1.29 is 19.5 Å². The minimum atomic E-state index is -0.918. The standard InChI is InChI=1S/C13H25N3O4/c1-9(17)14-5-6-15-12(20)16-8-10(11(18)19)7-13(2,3)4/h10H,5-8H2,1-4H3,(H,14,17)(H,18,19)(H2,15,16,20). The van der Waals surface area contributed by atoms with Gasteiger partial charge in [0.2, 0.25) is 5.91 Å². The molecule has 0 saturated carbocycles. The lowest BCUT2D eigenvalue weighted by molar-refractivity contribution is -0.142. The monoisotopic (exact) mass is 287 g/mol. The second-order valence-corrected chi connectivity index (χ2v) is 5.92. The summed E-state index contributed by atoms with van der Waals surface area (Å²) in [5.41, 5.74) is -0.118. The maximum absolute atomic E-state index is 11.5. The average molecular weight is 287 g/mol. The summed E-state index contributed by atoms with van der Waals surface area (Å²) in [6.07, 6.45) is 0.481. The molecule has 7 nitrogen and oxygen atoms in total. The Labute approximate surface area is 119 Å². The summed E-state index contributed by atoms with van der Waals surface area (Å²) in [5.74, 6) is -1.70. The van der Waals surface area contributed by atoms with Crippen LogP contribution >= 0.6 is 0 Å². The zero-order valence-electron chi connectivity index (χ0n) is 12.6. The van der Waals surface area contributed by atoms with Crippen molar-refractivity contribution in [3.05, 3.63) is 0 Å². The predicted octanol–water partition coefficient (Wildman–Crippen LogP) is 0.559. The number of carbonyl (C=O) groups is 3. The lowest BCUT2D eigenvalue weighted by Gasteiger charge is -2.23. The molecule has 1 atom stereocenters. The van der Waals surface area contributed by atoms with Crippen LogP contribution < -0.4 is 16.0 Å². The summed E-state index contributed by atoms with van der Waals surface area (Å²) >= 11 is 0. The van der Waals surface area contributed by atoms with Gasteiger partial charge in [0.25, 0.3) is 0 Å². The van der Waals surface area contributed by atoms with Crippen LogP contribution in [0.1, 0.15) is 34.1 Å². The molecular weight excluding hydrogens is 262 g/mol. The highest BCUT2D eigenvalue weighted by Gasteiger charge is 2.24. The molecule has 0 aliphatic rings. The Morgan fingerprint density at radius 1 is 1.05 bits per heavy atom. The van der Waals surface area contributed by atoms with Gasteiger partial charge in [0, 0.05) is 26.6 Å². The molecular formula is C13H25N3O4. The highest BCUT2D eigenvalue weighted by molar-refractivity contribution is 5.76. The molecule has 3 amide bonds. The Hall–Kier alpha value is -1.79. The van der Waals surface area contributed by atoms with Crippen LogP contribution in [-0.4, -0.2) is 42.6 Å². The smallest absolute Gasteiger partial charge is 0.314 e. The molecule has 0 radical (unpaired) electrons. The van der Waals surface area contributed by atoms with Crippen molar-refractivity contribution in [2.24, 2.45) is 11.3 Å². The van der Waals surface area contributed by atoms with Crippen molar-refractivity contribution in [1.82, 2.24) is 16.0 Å². The van der Waals surface area contributed by atoms with Crippen LogP contribution in [0.3, 0.4) is 0 Å². The van der Waals surface area contributed by atoms with E-state index in [-0.39, 0.29) is 17.9 Å². The summed E-state index contributed by atoms with van der Waals surface area (Å²) in [4.78, 5) is 33.2. The molecule has 0 bridgehead atoms. The molecule has 1 unspecified atom stereocenters. The fourth-order valence-corrected chi connectivity index (χ4v) is 1.68.